The molecule has 0 aliphatic heterocycles. The van der Waals surface area contributed by atoms with E-state index in [2.05, 4.69) is 9.97 Å². The highest BCUT2D eigenvalue weighted by molar-refractivity contribution is 5.81. The van der Waals surface area contributed by atoms with Gasteiger partial charge in [-0.2, -0.15) is 26.3 Å². The Morgan fingerprint density at radius 3 is 1.71 bits per heavy atom. The van der Waals surface area contributed by atoms with E-state index in [1.165, 1.54) is 12.1 Å². The summed E-state index contributed by atoms with van der Waals surface area (Å²) >= 11 is 0. The molecule has 2 aromatic heterocycles. The highest BCUT2D eigenvalue weighted by atomic mass is 19.4. The SMILES string of the molecule is NCCC(N)c1cnc2cc(-c3ccc(-c4cc(C(F)(F)F)cc(C(F)(F)F)c4)cc3)cnc2c1. The van der Waals surface area contributed by atoms with Crippen LogP contribution in [-0.2, 0) is 12.4 Å². The van der Waals surface area contributed by atoms with E-state index in [1.54, 1.807) is 30.6 Å². The number of pyridine rings is 2. The Morgan fingerprint density at radius 1 is 0.657 bits per heavy atom. The summed E-state index contributed by atoms with van der Waals surface area (Å²) in [5.41, 5.74) is 12.4. The molecule has 1 atom stereocenters. The first-order valence-corrected chi connectivity index (χ1v) is 10.6. The van der Waals surface area contributed by atoms with Crippen molar-refractivity contribution in [1.82, 2.24) is 9.97 Å². The summed E-state index contributed by atoms with van der Waals surface area (Å²) in [7, 11) is 0. The summed E-state index contributed by atoms with van der Waals surface area (Å²) in [4.78, 5) is 8.82. The van der Waals surface area contributed by atoms with Gasteiger partial charge < -0.3 is 11.5 Å². The van der Waals surface area contributed by atoms with E-state index in [0.717, 1.165) is 5.56 Å². The predicted octanol–water partition coefficient (Wildman–Crippen LogP) is 6.35. The molecule has 2 heterocycles. The minimum Gasteiger partial charge on any atom is -0.330 e. The van der Waals surface area contributed by atoms with Crippen LogP contribution >= 0.6 is 0 Å². The fourth-order valence-corrected chi connectivity index (χ4v) is 3.70. The van der Waals surface area contributed by atoms with Crippen LogP contribution in [0, 0.1) is 0 Å². The first kappa shape index (κ1) is 24.6. The lowest BCUT2D eigenvalue weighted by molar-refractivity contribution is -0.143. The summed E-state index contributed by atoms with van der Waals surface area (Å²) in [5, 5.41) is 0. The Labute approximate surface area is 196 Å². The maximum absolute atomic E-state index is 13.2. The van der Waals surface area contributed by atoms with Crippen molar-refractivity contribution in [2.45, 2.75) is 24.8 Å². The van der Waals surface area contributed by atoms with Gasteiger partial charge in [-0.25, -0.2) is 0 Å². The van der Waals surface area contributed by atoms with Crippen LogP contribution in [0.3, 0.4) is 0 Å². The molecule has 4 aromatic rings. The standard InChI is InChI=1S/C25H20F6N4/c26-24(27,28)19-7-16(8-20(11-19)25(29,30)31)14-1-3-15(4-2-14)17-9-22-23(34-12-17)10-18(13-35-22)21(33)5-6-32/h1-4,7-13,21H,5-6,32-33H2. The van der Waals surface area contributed by atoms with Gasteiger partial charge in [0.2, 0.25) is 0 Å². The van der Waals surface area contributed by atoms with Crippen LogP contribution in [0.15, 0.2) is 67.0 Å². The number of halogens is 6. The Morgan fingerprint density at radius 2 is 1.17 bits per heavy atom. The Balaban J connectivity index is 1.67. The van der Waals surface area contributed by atoms with Gasteiger partial charge in [-0.05, 0) is 65.6 Å². The minimum absolute atomic E-state index is 0.111. The molecule has 0 aliphatic carbocycles. The van der Waals surface area contributed by atoms with Crippen LogP contribution in [0.25, 0.3) is 33.3 Å². The lowest BCUT2D eigenvalue weighted by atomic mass is 9.97. The molecule has 0 radical (unpaired) electrons. The van der Waals surface area contributed by atoms with Crippen LogP contribution in [0.4, 0.5) is 26.3 Å². The van der Waals surface area contributed by atoms with Crippen LogP contribution < -0.4 is 11.5 Å². The van der Waals surface area contributed by atoms with Crippen molar-refractivity contribution in [2.75, 3.05) is 6.54 Å². The highest BCUT2D eigenvalue weighted by Crippen LogP contribution is 2.39. The fraction of sp³-hybridized carbons (Fsp3) is 0.200. The van der Waals surface area contributed by atoms with Crippen LogP contribution in [-0.4, -0.2) is 16.5 Å². The Kier molecular flexibility index (Phi) is 6.52. The topological polar surface area (TPSA) is 77.8 Å². The number of benzene rings is 2. The molecule has 35 heavy (non-hydrogen) atoms. The van der Waals surface area contributed by atoms with Gasteiger partial charge in [0.15, 0.2) is 0 Å². The zero-order valence-corrected chi connectivity index (χ0v) is 18.2. The van der Waals surface area contributed by atoms with E-state index in [4.69, 9.17) is 11.5 Å². The van der Waals surface area contributed by atoms with Gasteiger partial charge in [0.25, 0.3) is 0 Å². The molecule has 0 saturated carbocycles. The number of hydrogen-bond acceptors (Lipinski definition) is 4. The lowest BCUT2D eigenvalue weighted by Gasteiger charge is -2.14. The monoisotopic (exact) mass is 490 g/mol. The van der Waals surface area contributed by atoms with Gasteiger partial charge in [-0.3, -0.25) is 9.97 Å². The van der Waals surface area contributed by atoms with Gasteiger partial charge in [0, 0.05) is 24.0 Å². The number of aromatic nitrogens is 2. The molecule has 10 heteroatoms. The Hall–Kier alpha value is -3.50. The van der Waals surface area contributed by atoms with Crippen LogP contribution in [0.1, 0.15) is 29.2 Å². The summed E-state index contributed by atoms with van der Waals surface area (Å²) in [6.07, 6.45) is -5.94. The number of nitrogens with two attached hydrogens (primary N) is 2. The van der Waals surface area contributed by atoms with Crippen molar-refractivity contribution >= 4 is 11.0 Å². The molecule has 4 N–H and O–H groups in total. The van der Waals surface area contributed by atoms with E-state index in [-0.39, 0.29) is 23.2 Å². The molecule has 4 nitrogen and oxygen atoms in total. The van der Waals surface area contributed by atoms with E-state index >= 15 is 0 Å². The predicted molar refractivity (Wildman–Crippen MR) is 121 cm³/mol. The van der Waals surface area contributed by atoms with Crippen molar-refractivity contribution in [2.24, 2.45) is 11.5 Å². The number of nitrogens with zero attached hydrogens (tertiary/aromatic N) is 2. The number of hydrogen-bond donors (Lipinski definition) is 2. The molecule has 4 rings (SSSR count). The molecule has 0 amide bonds. The zero-order chi connectivity index (χ0) is 25.4. The van der Waals surface area contributed by atoms with E-state index in [9.17, 15) is 26.3 Å². The van der Waals surface area contributed by atoms with Gasteiger partial charge in [0.1, 0.15) is 0 Å². The molecule has 0 spiro atoms. The minimum atomic E-state index is -4.91. The quantitative estimate of drug-likeness (QED) is 0.320. The van der Waals surface area contributed by atoms with Crippen molar-refractivity contribution in [3.05, 3.63) is 83.7 Å². The second kappa shape index (κ2) is 9.27. The zero-order valence-electron chi connectivity index (χ0n) is 18.2. The van der Waals surface area contributed by atoms with Crippen molar-refractivity contribution < 1.29 is 26.3 Å². The summed E-state index contributed by atoms with van der Waals surface area (Å²) in [5.74, 6) is 0. The largest absolute Gasteiger partial charge is 0.416 e. The van der Waals surface area contributed by atoms with Crippen LogP contribution in [0.2, 0.25) is 0 Å². The number of rotatable bonds is 5. The molecule has 2 aromatic carbocycles. The van der Waals surface area contributed by atoms with Crippen molar-refractivity contribution in [3.8, 4) is 22.3 Å². The number of fused-ring (bicyclic) bond motifs is 1. The average Bonchev–Trinajstić information content (AvgIpc) is 2.82. The molecule has 0 aliphatic rings. The fourth-order valence-electron chi connectivity index (χ4n) is 3.70. The van der Waals surface area contributed by atoms with Gasteiger partial charge in [-0.1, -0.05) is 24.3 Å². The summed E-state index contributed by atoms with van der Waals surface area (Å²) < 4.78 is 79.1. The highest BCUT2D eigenvalue weighted by Gasteiger charge is 2.37. The maximum atomic E-state index is 13.2. The van der Waals surface area contributed by atoms with Gasteiger partial charge >= 0.3 is 12.4 Å². The number of alkyl halides is 6. The van der Waals surface area contributed by atoms with Gasteiger partial charge in [0.05, 0.1) is 22.2 Å². The molecular formula is C25H20F6N4. The van der Waals surface area contributed by atoms with Crippen molar-refractivity contribution in [3.63, 3.8) is 0 Å². The summed E-state index contributed by atoms with van der Waals surface area (Å²) in [6, 6.07) is 11.1. The first-order valence-electron chi connectivity index (χ1n) is 10.6. The average molecular weight is 490 g/mol. The third-order valence-electron chi connectivity index (χ3n) is 5.60. The maximum Gasteiger partial charge on any atom is 0.416 e. The summed E-state index contributed by atoms with van der Waals surface area (Å²) in [6.45, 7) is 0.444. The second-order valence-electron chi connectivity index (χ2n) is 8.09. The first-order chi connectivity index (χ1) is 16.5. The van der Waals surface area contributed by atoms with Crippen LogP contribution in [0.5, 0.6) is 0 Å². The van der Waals surface area contributed by atoms with E-state index in [1.807, 2.05) is 6.07 Å². The normalized spacial score (nSPS) is 13.3. The van der Waals surface area contributed by atoms with Gasteiger partial charge in [-0.15, -0.1) is 0 Å². The Bertz CT molecular complexity index is 1310. The van der Waals surface area contributed by atoms with Crippen molar-refractivity contribution in [1.29, 1.82) is 0 Å². The van der Waals surface area contributed by atoms with E-state index in [0.29, 0.717) is 47.3 Å². The molecule has 0 saturated heterocycles. The second-order valence-corrected chi connectivity index (χ2v) is 8.09. The third-order valence-corrected chi connectivity index (χ3v) is 5.60. The third kappa shape index (κ3) is 5.44. The molecular weight excluding hydrogens is 470 g/mol. The molecule has 182 valence electrons. The van der Waals surface area contributed by atoms with E-state index < -0.39 is 23.5 Å². The smallest absolute Gasteiger partial charge is 0.330 e. The molecule has 0 bridgehead atoms. The molecule has 0 fully saturated rings. The molecule has 1 unspecified atom stereocenters. The lowest BCUT2D eigenvalue weighted by Crippen LogP contribution is -2.15.